The molecule has 0 fully saturated rings. The smallest absolute Gasteiger partial charge is 0.342 e. The molecule has 150 valence electrons. The first-order valence-electron chi connectivity index (χ1n) is 9.41. The molecule has 0 aliphatic heterocycles. The molecule has 0 N–H and O–H groups in total. The molecule has 6 nitrogen and oxygen atoms in total. The van der Waals surface area contributed by atoms with Gasteiger partial charge in [0.15, 0.2) is 6.61 Å². The quantitative estimate of drug-likeness (QED) is 0.604. The summed E-state index contributed by atoms with van der Waals surface area (Å²) in [5.74, 6) is -0.838. The van der Waals surface area contributed by atoms with Crippen molar-refractivity contribution in [3.05, 3.63) is 77.0 Å². The van der Waals surface area contributed by atoms with Crippen molar-refractivity contribution in [2.45, 2.75) is 20.4 Å². The van der Waals surface area contributed by atoms with Crippen LogP contribution in [0.15, 0.2) is 54.7 Å². The van der Waals surface area contributed by atoms with E-state index in [4.69, 9.17) is 4.74 Å². The zero-order valence-electron chi connectivity index (χ0n) is 17.2. The molecule has 1 heterocycles. The van der Waals surface area contributed by atoms with E-state index in [2.05, 4.69) is 5.10 Å². The number of benzene rings is 2. The second kappa shape index (κ2) is 8.73. The maximum atomic E-state index is 12.7. The number of carbonyl (C=O) groups is 2. The average Bonchev–Trinajstić information content (AvgIpc) is 3.12. The van der Waals surface area contributed by atoms with E-state index in [1.165, 1.54) is 4.90 Å². The van der Waals surface area contributed by atoms with Gasteiger partial charge in [0.1, 0.15) is 11.3 Å². The van der Waals surface area contributed by atoms with Crippen molar-refractivity contribution in [3.8, 4) is 11.3 Å². The Morgan fingerprint density at radius 3 is 2.41 bits per heavy atom. The third-order valence-corrected chi connectivity index (χ3v) is 4.77. The molecular weight excluding hydrogens is 366 g/mol. The SMILES string of the molecule is Cc1ccc(-c2nn(Cc3ccccc3)cc2C(=O)OCC(=O)N(C)C)cc1C. The van der Waals surface area contributed by atoms with E-state index < -0.39 is 5.97 Å². The zero-order valence-corrected chi connectivity index (χ0v) is 17.2. The minimum absolute atomic E-state index is 0.275. The number of carbonyl (C=O) groups excluding carboxylic acids is 2. The van der Waals surface area contributed by atoms with E-state index in [1.807, 2.05) is 62.4 Å². The summed E-state index contributed by atoms with van der Waals surface area (Å²) in [5, 5.41) is 4.65. The molecule has 6 heteroatoms. The number of aromatic nitrogens is 2. The lowest BCUT2D eigenvalue weighted by atomic mass is 10.0. The van der Waals surface area contributed by atoms with Crippen LogP contribution in [-0.4, -0.2) is 47.3 Å². The fourth-order valence-corrected chi connectivity index (χ4v) is 2.86. The standard InChI is InChI=1S/C23H25N3O3/c1-16-10-11-19(12-17(16)2)22-20(23(28)29-15-21(27)25(3)4)14-26(24-22)13-18-8-6-5-7-9-18/h5-12,14H,13,15H2,1-4H3. The molecular formula is C23H25N3O3. The Labute approximate surface area is 170 Å². The van der Waals surface area contributed by atoms with E-state index >= 15 is 0 Å². The van der Waals surface area contributed by atoms with Crippen LogP contribution in [0.25, 0.3) is 11.3 Å². The second-order valence-corrected chi connectivity index (χ2v) is 7.24. The summed E-state index contributed by atoms with van der Waals surface area (Å²) < 4.78 is 6.97. The van der Waals surface area contributed by atoms with Crippen LogP contribution in [0, 0.1) is 13.8 Å². The van der Waals surface area contributed by atoms with E-state index in [0.29, 0.717) is 17.8 Å². The van der Waals surface area contributed by atoms with Crippen molar-refractivity contribution in [1.29, 1.82) is 0 Å². The lowest BCUT2D eigenvalue weighted by Crippen LogP contribution is -2.27. The van der Waals surface area contributed by atoms with E-state index in [0.717, 1.165) is 22.3 Å². The third kappa shape index (κ3) is 4.90. The van der Waals surface area contributed by atoms with Crippen molar-refractivity contribution in [1.82, 2.24) is 14.7 Å². The van der Waals surface area contributed by atoms with Crippen LogP contribution < -0.4 is 0 Å². The van der Waals surface area contributed by atoms with Crippen molar-refractivity contribution in [2.75, 3.05) is 20.7 Å². The van der Waals surface area contributed by atoms with Crippen LogP contribution in [0.4, 0.5) is 0 Å². The zero-order chi connectivity index (χ0) is 21.0. The molecule has 0 unspecified atom stereocenters. The first-order valence-corrected chi connectivity index (χ1v) is 9.41. The summed E-state index contributed by atoms with van der Waals surface area (Å²) in [5.41, 5.74) is 5.08. The highest BCUT2D eigenvalue weighted by Crippen LogP contribution is 2.25. The van der Waals surface area contributed by atoms with Crippen molar-refractivity contribution >= 4 is 11.9 Å². The van der Waals surface area contributed by atoms with Gasteiger partial charge in [-0.05, 0) is 36.6 Å². The highest BCUT2D eigenvalue weighted by Gasteiger charge is 2.21. The Kier molecular flexibility index (Phi) is 6.12. The number of hydrogen-bond donors (Lipinski definition) is 0. The molecule has 3 rings (SSSR count). The molecule has 1 amide bonds. The minimum atomic E-state index is -0.562. The summed E-state index contributed by atoms with van der Waals surface area (Å²) in [6, 6.07) is 15.8. The summed E-state index contributed by atoms with van der Waals surface area (Å²) in [7, 11) is 3.24. The molecule has 29 heavy (non-hydrogen) atoms. The predicted octanol–water partition coefficient (Wildman–Crippen LogP) is 3.46. The number of amides is 1. The van der Waals surface area contributed by atoms with E-state index in [1.54, 1.807) is 25.0 Å². The summed E-state index contributed by atoms with van der Waals surface area (Å²) in [4.78, 5) is 25.9. The maximum Gasteiger partial charge on any atom is 0.342 e. The van der Waals surface area contributed by atoms with Gasteiger partial charge in [-0.2, -0.15) is 5.10 Å². The van der Waals surface area contributed by atoms with Crippen LogP contribution in [0.2, 0.25) is 0 Å². The predicted molar refractivity (Wildman–Crippen MR) is 112 cm³/mol. The monoisotopic (exact) mass is 391 g/mol. The summed E-state index contributed by atoms with van der Waals surface area (Å²) in [6.07, 6.45) is 1.68. The maximum absolute atomic E-state index is 12.7. The highest BCUT2D eigenvalue weighted by molar-refractivity contribution is 5.97. The normalized spacial score (nSPS) is 10.6. The molecule has 2 aromatic carbocycles. The number of aryl methyl sites for hydroxylation is 2. The molecule has 0 radical (unpaired) electrons. The molecule has 0 bridgehead atoms. The van der Waals surface area contributed by atoms with Gasteiger partial charge in [0.25, 0.3) is 5.91 Å². The molecule has 0 atom stereocenters. The number of likely N-dealkylation sites (N-methyl/N-ethyl adjacent to an activating group) is 1. The Morgan fingerprint density at radius 1 is 1.03 bits per heavy atom. The molecule has 0 saturated carbocycles. The molecule has 0 spiro atoms. The van der Waals surface area contributed by atoms with Crippen molar-refractivity contribution < 1.29 is 14.3 Å². The molecule has 0 saturated heterocycles. The minimum Gasteiger partial charge on any atom is -0.452 e. The van der Waals surface area contributed by atoms with Crippen LogP contribution in [0.3, 0.4) is 0 Å². The number of rotatable bonds is 6. The van der Waals surface area contributed by atoms with Crippen molar-refractivity contribution in [2.24, 2.45) is 0 Å². The largest absolute Gasteiger partial charge is 0.452 e. The van der Waals surface area contributed by atoms with Gasteiger partial charge in [-0.3, -0.25) is 9.48 Å². The number of ether oxygens (including phenoxy) is 1. The van der Waals surface area contributed by atoms with Crippen LogP contribution >= 0.6 is 0 Å². The number of hydrogen-bond acceptors (Lipinski definition) is 4. The van der Waals surface area contributed by atoms with Gasteiger partial charge in [-0.25, -0.2) is 4.79 Å². The van der Waals surface area contributed by atoms with Gasteiger partial charge in [0.05, 0.1) is 6.54 Å². The van der Waals surface area contributed by atoms with Gasteiger partial charge in [0.2, 0.25) is 0 Å². The third-order valence-electron chi connectivity index (χ3n) is 4.77. The van der Waals surface area contributed by atoms with Crippen molar-refractivity contribution in [3.63, 3.8) is 0 Å². The van der Waals surface area contributed by atoms with Crippen LogP contribution in [0.1, 0.15) is 27.0 Å². The Bertz CT molecular complexity index is 1020. The summed E-state index contributed by atoms with van der Waals surface area (Å²) >= 11 is 0. The first kappa shape index (κ1) is 20.3. The fraction of sp³-hybridized carbons (Fsp3) is 0.261. The highest BCUT2D eigenvalue weighted by atomic mass is 16.5. The molecule has 1 aromatic heterocycles. The lowest BCUT2D eigenvalue weighted by molar-refractivity contribution is -0.131. The van der Waals surface area contributed by atoms with E-state index in [9.17, 15) is 9.59 Å². The van der Waals surface area contributed by atoms with Gasteiger partial charge in [-0.15, -0.1) is 0 Å². The molecule has 0 aliphatic carbocycles. The molecule has 3 aromatic rings. The lowest BCUT2D eigenvalue weighted by Gasteiger charge is -2.10. The fourth-order valence-electron chi connectivity index (χ4n) is 2.86. The summed E-state index contributed by atoms with van der Waals surface area (Å²) in [6.45, 7) is 4.29. The van der Waals surface area contributed by atoms with Gasteiger partial charge >= 0.3 is 5.97 Å². The van der Waals surface area contributed by atoms with Gasteiger partial charge < -0.3 is 9.64 Å². The number of nitrogens with zero attached hydrogens (tertiary/aromatic N) is 3. The molecule has 0 aliphatic rings. The second-order valence-electron chi connectivity index (χ2n) is 7.24. The van der Waals surface area contributed by atoms with Gasteiger partial charge in [0, 0.05) is 25.9 Å². The van der Waals surface area contributed by atoms with Gasteiger partial charge in [-0.1, -0.05) is 42.5 Å². The Balaban J connectivity index is 1.94. The Morgan fingerprint density at radius 2 is 1.76 bits per heavy atom. The topological polar surface area (TPSA) is 64.4 Å². The first-order chi connectivity index (χ1) is 13.8. The van der Waals surface area contributed by atoms with E-state index in [-0.39, 0.29) is 12.5 Å². The average molecular weight is 391 g/mol. The van der Waals surface area contributed by atoms with Crippen LogP contribution in [-0.2, 0) is 16.1 Å². The number of esters is 1. The van der Waals surface area contributed by atoms with Crippen LogP contribution in [0.5, 0.6) is 0 Å². The Hall–Kier alpha value is -3.41.